The van der Waals surface area contributed by atoms with Crippen molar-refractivity contribution in [1.82, 2.24) is 10.6 Å². The molecule has 2 unspecified atom stereocenters. The van der Waals surface area contributed by atoms with E-state index in [1.165, 1.54) is 25.5 Å². The van der Waals surface area contributed by atoms with Gasteiger partial charge in [-0.1, -0.05) is 50.2 Å². The minimum absolute atomic E-state index is 0.207. The van der Waals surface area contributed by atoms with Crippen molar-refractivity contribution in [3.05, 3.63) is 72.1 Å². The summed E-state index contributed by atoms with van der Waals surface area (Å²) in [6, 6.07) is 12.4. The minimum Gasteiger partial charge on any atom is -0.466 e. The van der Waals surface area contributed by atoms with Crippen LogP contribution in [0.25, 0.3) is 11.1 Å². The van der Waals surface area contributed by atoms with E-state index in [9.17, 15) is 18.0 Å². The van der Waals surface area contributed by atoms with Crippen LogP contribution in [0.2, 0.25) is 0 Å². The van der Waals surface area contributed by atoms with Crippen LogP contribution in [-0.2, 0) is 15.7 Å². The Kier molecular flexibility index (Phi) is 7.03. The van der Waals surface area contributed by atoms with Gasteiger partial charge in [0.2, 0.25) is 5.66 Å². The number of nitrogens with one attached hydrogen (secondary N) is 2. The van der Waals surface area contributed by atoms with E-state index in [0.717, 1.165) is 29.7 Å². The number of aliphatic imine (C=N–C) groups is 1. The van der Waals surface area contributed by atoms with Gasteiger partial charge in [0.15, 0.2) is 0 Å². The standard InChI is InChI=1S/C24H26F3N3O2/c1-16(2)14-21(30-23(22(31)32-3)15-28-12-13-29-23)19-6-4-17(5-7-19)18-8-10-20(11-9-18)24(25,26)27/h4-13,15-16,21,29-30H,14H2,1-3H3. The Morgan fingerprint density at radius 1 is 1.09 bits per heavy atom. The Labute approximate surface area is 185 Å². The molecular weight excluding hydrogens is 419 g/mol. The zero-order valence-electron chi connectivity index (χ0n) is 18.1. The summed E-state index contributed by atoms with van der Waals surface area (Å²) < 4.78 is 43.4. The van der Waals surface area contributed by atoms with Crippen molar-refractivity contribution in [2.75, 3.05) is 7.11 Å². The molecule has 0 spiro atoms. The van der Waals surface area contributed by atoms with E-state index in [1.807, 2.05) is 24.3 Å². The van der Waals surface area contributed by atoms with E-state index in [-0.39, 0.29) is 6.04 Å². The smallest absolute Gasteiger partial charge is 0.416 e. The molecule has 1 aliphatic rings. The molecule has 0 aromatic heterocycles. The maximum absolute atomic E-state index is 12.8. The van der Waals surface area contributed by atoms with Crippen LogP contribution in [0.15, 0.2) is 65.9 Å². The fourth-order valence-electron chi connectivity index (χ4n) is 3.60. The molecule has 2 N–H and O–H groups in total. The van der Waals surface area contributed by atoms with Crippen molar-refractivity contribution in [3.8, 4) is 11.1 Å². The van der Waals surface area contributed by atoms with Gasteiger partial charge in [-0.25, -0.2) is 4.79 Å². The van der Waals surface area contributed by atoms with Crippen molar-refractivity contribution >= 4 is 12.2 Å². The van der Waals surface area contributed by atoms with Crippen molar-refractivity contribution in [2.45, 2.75) is 38.1 Å². The highest BCUT2D eigenvalue weighted by Gasteiger charge is 2.40. The summed E-state index contributed by atoms with van der Waals surface area (Å²) in [4.78, 5) is 16.6. The molecule has 1 heterocycles. The number of esters is 1. The first-order valence-corrected chi connectivity index (χ1v) is 10.3. The molecule has 0 aliphatic carbocycles. The Hall–Kier alpha value is -3.13. The molecule has 0 bridgehead atoms. The lowest BCUT2D eigenvalue weighted by atomic mass is 9.93. The highest BCUT2D eigenvalue weighted by molar-refractivity contribution is 6.00. The van der Waals surface area contributed by atoms with Gasteiger partial charge >= 0.3 is 12.1 Å². The summed E-state index contributed by atoms with van der Waals surface area (Å²) in [6.45, 7) is 4.16. The number of nitrogens with zero attached hydrogens (tertiary/aromatic N) is 1. The maximum atomic E-state index is 12.8. The van der Waals surface area contributed by atoms with Gasteiger partial charge in [0.05, 0.1) is 18.9 Å². The molecule has 0 saturated heterocycles. The summed E-state index contributed by atoms with van der Waals surface area (Å²) in [5.41, 5.74) is 0.448. The quantitative estimate of drug-likeness (QED) is 0.585. The van der Waals surface area contributed by atoms with Gasteiger partial charge in [0.25, 0.3) is 0 Å². The number of ether oxygens (including phenoxy) is 1. The first kappa shape index (κ1) is 23.5. The van der Waals surface area contributed by atoms with Crippen LogP contribution in [-0.4, -0.2) is 25.0 Å². The van der Waals surface area contributed by atoms with Crippen molar-refractivity contribution < 1.29 is 22.7 Å². The zero-order valence-corrected chi connectivity index (χ0v) is 18.1. The molecule has 0 saturated carbocycles. The van der Waals surface area contributed by atoms with Gasteiger partial charge in [0, 0.05) is 18.4 Å². The van der Waals surface area contributed by atoms with Crippen LogP contribution in [0.5, 0.6) is 0 Å². The second kappa shape index (κ2) is 9.56. The summed E-state index contributed by atoms with van der Waals surface area (Å²) in [6.07, 6.45) is 0.961. The van der Waals surface area contributed by atoms with Gasteiger partial charge in [-0.3, -0.25) is 10.3 Å². The third-order valence-corrected chi connectivity index (χ3v) is 5.21. The second-order valence-corrected chi connectivity index (χ2v) is 8.06. The van der Waals surface area contributed by atoms with Gasteiger partial charge in [0.1, 0.15) is 0 Å². The SMILES string of the molecule is COC(=O)C1(NC(CC(C)C)c2ccc(-c3ccc(C(F)(F)F)cc3)cc2)C=NC=CN1. The minimum atomic E-state index is -4.36. The molecule has 2 atom stereocenters. The third kappa shape index (κ3) is 5.37. The number of carbonyl (C=O) groups is 1. The van der Waals surface area contributed by atoms with Crippen LogP contribution in [0.1, 0.15) is 37.4 Å². The third-order valence-electron chi connectivity index (χ3n) is 5.21. The first-order valence-electron chi connectivity index (χ1n) is 10.3. The van der Waals surface area contributed by atoms with E-state index in [1.54, 1.807) is 12.4 Å². The molecule has 0 radical (unpaired) electrons. The number of benzene rings is 2. The van der Waals surface area contributed by atoms with Crippen molar-refractivity contribution in [1.29, 1.82) is 0 Å². The number of rotatable bonds is 7. The van der Waals surface area contributed by atoms with Crippen LogP contribution in [0.3, 0.4) is 0 Å². The number of halogens is 3. The topological polar surface area (TPSA) is 62.7 Å². The monoisotopic (exact) mass is 445 g/mol. The molecule has 1 aliphatic heterocycles. The van der Waals surface area contributed by atoms with Crippen molar-refractivity contribution in [2.24, 2.45) is 10.9 Å². The predicted molar refractivity (Wildman–Crippen MR) is 118 cm³/mol. The fraction of sp³-hybridized carbons (Fsp3) is 0.333. The van der Waals surface area contributed by atoms with Gasteiger partial charge in [-0.15, -0.1) is 0 Å². The van der Waals surface area contributed by atoms with E-state index in [4.69, 9.17) is 4.74 Å². The normalized spacial score (nSPS) is 19.0. The van der Waals surface area contributed by atoms with Gasteiger partial charge in [-0.2, -0.15) is 13.2 Å². The lowest BCUT2D eigenvalue weighted by molar-refractivity contribution is -0.146. The molecule has 0 fully saturated rings. The van der Waals surface area contributed by atoms with Crippen LogP contribution in [0.4, 0.5) is 13.2 Å². The highest BCUT2D eigenvalue weighted by Crippen LogP contribution is 2.32. The molecule has 2 aromatic rings. The molecular formula is C24H26F3N3O2. The Morgan fingerprint density at radius 2 is 1.69 bits per heavy atom. The van der Waals surface area contributed by atoms with Crippen molar-refractivity contribution in [3.63, 3.8) is 0 Å². The van der Waals surface area contributed by atoms with E-state index in [2.05, 4.69) is 29.5 Å². The maximum Gasteiger partial charge on any atom is 0.416 e. The average molecular weight is 445 g/mol. The van der Waals surface area contributed by atoms with Gasteiger partial charge < -0.3 is 10.1 Å². The second-order valence-electron chi connectivity index (χ2n) is 8.06. The van der Waals surface area contributed by atoms with Crippen LogP contribution >= 0.6 is 0 Å². The zero-order chi connectivity index (χ0) is 23.4. The Morgan fingerprint density at radius 3 is 2.16 bits per heavy atom. The predicted octanol–water partition coefficient (Wildman–Crippen LogP) is 5.06. The largest absolute Gasteiger partial charge is 0.466 e. The van der Waals surface area contributed by atoms with E-state index < -0.39 is 23.4 Å². The summed E-state index contributed by atoms with van der Waals surface area (Å²) in [7, 11) is 1.32. The summed E-state index contributed by atoms with van der Waals surface area (Å²) >= 11 is 0. The molecule has 0 amide bonds. The van der Waals surface area contributed by atoms with Gasteiger partial charge in [-0.05, 0) is 41.2 Å². The average Bonchev–Trinajstić information content (AvgIpc) is 2.78. The lowest BCUT2D eigenvalue weighted by Gasteiger charge is -2.35. The Bertz CT molecular complexity index is 983. The van der Waals surface area contributed by atoms with Crippen LogP contribution < -0.4 is 10.6 Å². The fourth-order valence-corrected chi connectivity index (χ4v) is 3.60. The number of carbonyl (C=O) groups excluding carboxylic acids is 1. The number of hydrogen-bond acceptors (Lipinski definition) is 5. The summed E-state index contributed by atoms with van der Waals surface area (Å²) in [5, 5.41) is 6.34. The lowest BCUT2D eigenvalue weighted by Crippen LogP contribution is -2.64. The Balaban J connectivity index is 1.86. The molecule has 5 nitrogen and oxygen atoms in total. The number of methoxy groups -OCH3 is 1. The van der Waals surface area contributed by atoms with Crippen LogP contribution in [0, 0.1) is 5.92 Å². The summed E-state index contributed by atoms with van der Waals surface area (Å²) in [5.74, 6) is -0.186. The molecule has 8 heteroatoms. The molecule has 2 aromatic carbocycles. The molecule has 3 rings (SSSR count). The first-order chi connectivity index (χ1) is 15.1. The van der Waals surface area contributed by atoms with E-state index >= 15 is 0 Å². The number of hydrogen-bond donors (Lipinski definition) is 2. The molecule has 170 valence electrons. The highest BCUT2D eigenvalue weighted by atomic mass is 19.4. The number of alkyl halides is 3. The molecule has 32 heavy (non-hydrogen) atoms. The van der Waals surface area contributed by atoms with E-state index in [0.29, 0.717) is 11.5 Å².